The minimum absolute atomic E-state index is 0.163. The number of aromatic nitrogens is 1. The van der Waals surface area contributed by atoms with Crippen LogP contribution < -0.4 is 0 Å². The molecule has 0 N–H and O–H groups in total. The van der Waals surface area contributed by atoms with Crippen LogP contribution >= 0.6 is 11.3 Å². The number of benzene rings is 1. The van der Waals surface area contributed by atoms with Crippen LogP contribution in [-0.2, 0) is 6.42 Å². The molecule has 3 heteroatoms. The van der Waals surface area contributed by atoms with Crippen molar-refractivity contribution in [2.75, 3.05) is 0 Å². The lowest BCUT2D eigenvalue weighted by atomic mass is 9.95. The van der Waals surface area contributed by atoms with Crippen molar-refractivity contribution in [3.8, 4) is 0 Å². The van der Waals surface area contributed by atoms with Gasteiger partial charge in [0.2, 0.25) is 0 Å². The fourth-order valence-corrected chi connectivity index (χ4v) is 2.94. The van der Waals surface area contributed by atoms with E-state index in [2.05, 4.69) is 37.9 Å². The molecule has 0 aliphatic rings. The Labute approximate surface area is 112 Å². The molecule has 0 saturated carbocycles. The van der Waals surface area contributed by atoms with E-state index in [4.69, 9.17) is 0 Å². The first kappa shape index (κ1) is 13.0. The van der Waals surface area contributed by atoms with Crippen molar-refractivity contribution in [1.82, 2.24) is 4.98 Å². The van der Waals surface area contributed by atoms with Crippen molar-refractivity contribution in [3.05, 3.63) is 50.5 Å². The van der Waals surface area contributed by atoms with Gasteiger partial charge in [-0.25, -0.2) is 4.98 Å². The Morgan fingerprint density at radius 3 is 2.28 bits per heavy atom. The van der Waals surface area contributed by atoms with Gasteiger partial charge in [-0.2, -0.15) is 0 Å². The number of hydrogen-bond donors (Lipinski definition) is 0. The molecule has 94 valence electrons. The quantitative estimate of drug-likeness (QED) is 0.785. The fourth-order valence-electron chi connectivity index (χ4n) is 2.23. The van der Waals surface area contributed by atoms with E-state index >= 15 is 0 Å². The zero-order valence-electron chi connectivity index (χ0n) is 11.2. The highest BCUT2D eigenvalue weighted by Crippen LogP contribution is 2.20. The first-order chi connectivity index (χ1) is 8.47. The van der Waals surface area contributed by atoms with Gasteiger partial charge in [0.25, 0.3) is 0 Å². The van der Waals surface area contributed by atoms with Crippen LogP contribution in [0, 0.1) is 27.7 Å². The van der Waals surface area contributed by atoms with Crippen molar-refractivity contribution in [2.45, 2.75) is 34.1 Å². The van der Waals surface area contributed by atoms with Crippen LogP contribution in [0.1, 0.15) is 36.9 Å². The van der Waals surface area contributed by atoms with Gasteiger partial charge in [0.1, 0.15) is 0 Å². The van der Waals surface area contributed by atoms with Gasteiger partial charge in [-0.15, -0.1) is 11.3 Å². The van der Waals surface area contributed by atoms with Crippen LogP contribution in [0.25, 0.3) is 0 Å². The summed E-state index contributed by atoms with van der Waals surface area (Å²) in [6.45, 7) is 8.14. The van der Waals surface area contributed by atoms with Crippen molar-refractivity contribution < 1.29 is 4.79 Å². The number of rotatable bonds is 3. The van der Waals surface area contributed by atoms with Crippen molar-refractivity contribution in [1.29, 1.82) is 0 Å². The molecule has 2 rings (SSSR count). The average molecular weight is 259 g/mol. The highest BCUT2D eigenvalue weighted by molar-refractivity contribution is 7.13. The predicted octanol–water partition coefficient (Wildman–Crippen LogP) is 3.80. The van der Waals surface area contributed by atoms with Gasteiger partial charge in [-0.3, -0.25) is 4.79 Å². The lowest BCUT2D eigenvalue weighted by Crippen LogP contribution is -2.05. The summed E-state index contributed by atoms with van der Waals surface area (Å²) in [5, 5.41) is 0.940. The number of nitrogens with zero attached hydrogens (tertiary/aromatic N) is 1. The number of hydrogen-bond acceptors (Lipinski definition) is 3. The van der Waals surface area contributed by atoms with E-state index in [0.717, 1.165) is 15.4 Å². The van der Waals surface area contributed by atoms with Crippen LogP contribution in [0.3, 0.4) is 0 Å². The molecule has 18 heavy (non-hydrogen) atoms. The molecule has 0 radical (unpaired) electrons. The second kappa shape index (κ2) is 5.02. The van der Waals surface area contributed by atoms with E-state index in [1.807, 2.05) is 6.92 Å². The summed E-state index contributed by atoms with van der Waals surface area (Å²) >= 11 is 1.47. The summed E-state index contributed by atoms with van der Waals surface area (Å²) in [5.74, 6) is 0.163. The van der Waals surface area contributed by atoms with E-state index in [0.29, 0.717) is 6.42 Å². The van der Waals surface area contributed by atoms with E-state index in [1.165, 1.54) is 28.0 Å². The molecule has 1 heterocycles. The lowest BCUT2D eigenvalue weighted by molar-refractivity contribution is 0.0996. The maximum atomic E-state index is 12.2. The number of ketones is 1. The minimum atomic E-state index is 0.163. The largest absolute Gasteiger partial charge is 0.293 e. The van der Waals surface area contributed by atoms with E-state index < -0.39 is 0 Å². The summed E-state index contributed by atoms with van der Waals surface area (Å²) < 4.78 is 0. The number of aryl methyl sites for hydroxylation is 4. The van der Waals surface area contributed by atoms with Gasteiger partial charge in [0.15, 0.2) is 5.78 Å². The average Bonchev–Trinajstić information content (AvgIpc) is 2.70. The van der Waals surface area contributed by atoms with Crippen molar-refractivity contribution in [2.24, 2.45) is 0 Å². The van der Waals surface area contributed by atoms with Gasteiger partial charge in [-0.05, 0) is 44.4 Å². The molecule has 0 bridgehead atoms. The summed E-state index contributed by atoms with van der Waals surface area (Å²) in [6.07, 6.45) is 2.15. The van der Waals surface area contributed by atoms with E-state index in [1.54, 1.807) is 6.20 Å². The molecule has 0 amide bonds. The van der Waals surface area contributed by atoms with Crippen molar-refractivity contribution in [3.63, 3.8) is 0 Å². The molecule has 1 aromatic heterocycles. The number of carbonyl (C=O) groups excluding carboxylic acids is 1. The first-order valence-corrected chi connectivity index (χ1v) is 6.81. The SMILES string of the molecule is Cc1cc(C)c(CC(=O)c2cnc(C)s2)c(C)c1. The fraction of sp³-hybridized carbons (Fsp3) is 0.333. The Kier molecular flexibility index (Phi) is 3.62. The Balaban J connectivity index is 2.27. The van der Waals surface area contributed by atoms with Crippen LogP contribution in [0.15, 0.2) is 18.3 Å². The lowest BCUT2D eigenvalue weighted by Gasteiger charge is -2.10. The zero-order chi connectivity index (χ0) is 13.3. The molecule has 0 saturated heterocycles. The highest BCUT2D eigenvalue weighted by Gasteiger charge is 2.13. The second-order valence-corrected chi connectivity index (χ2v) is 5.96. The molecule has 0 aliphatic heterocycles. The maximum absolute atomic E-state index is 12.2. The molecular formula is C15H17NOS. The summed E-state index contributed by atoms with van der Waals surface area (Å²) in [7, 11) is 0. The summed E-state index contributed by atoms with van der Waals surface area (Å²) in [4.78, 5) is 17.1. The first-order valence-electron chi connectivity index (χ1n) is 5.99. The third-order valence-electron chi connectivity index (χ3n) is 3.07. The number of thiazole rings is 1. The monoisotopic (exact) mass is 259 g/mol. The highest BCUT2D eigenvalue weighted by atomic mass is 32.1. The molecule has 0 aliphatic carbocycles. The second-order valence-electron chi connectivity index (χ2n) is 4.72. The predicted molar refractivity (Wildman–Crippen MR) is 75.5 cm³/mol. The molecular weight excluding hydrogens is 242 g/mol. The van der Waals surface area contributed by atoms with E-state index in [9.17, 15) is 4.79 Å². The molecule has 2 nitrogen and oxygen atoms in total. The Morgan fingerprint density at radius 2 is 1.78 bits per heavy atom. The summed E-state index contributed by atoms with van der Waals surface area (Å²) in [5.41, 5.74) is 4.79. The normalized spacial score (nSPS) is 10.7. The van der Waals surface area contributed by atoms with Gasteiger partial charge < -0.3 is 0 Å². The molecule has 0 spiro atoms. The topological polar surface area (TPSA) is 30.0 Å². The van der Waals surface area contributed by atoms with Crippen LogP contribution in [0.5, 0.6) is 0 Å². The Hall–Kier alpha value is -1.48. The number of Topliss-reactive ketones (excluding diaryl/α,β-unsaturated/α-hetero) is 1. The van der Waals surface area contributed by atoms with E-state index in [-0.39, 0.29) is 5.78 Å². The Bertz CT molecular complexity index is 575. The van der Waals surface area contributed by atoms with Gasteiger partial charge in [0, 0.05) is 12.6 Å². The zero-order valence-corrected chi connectivity index (χ0v) is 12.0. The standard InChI is InChI=1S/C15H17NOS/c1-9-5-10(2)13(11(3)6-9)7-14(17)15-8-16-12(4)18-15/h5-6,8H,7H2,1-4H3. The van der Waals surface area contributed by atoms with Gasteiger partial charge in [-0.1, -0.05) is 17.7 Å². The number of carbonyl (C=O) groups is 1. The third-order valence-corrected chi connectivity index (χ3v) is 4.03. The van der Waals surface area contributed by atoms with Crippen LogP contribution in [-0.4, -0.2) is 10.8 Å². The molecule has 0 atom stereocenters. The van der Waals surface area contributed by atoms with Gasteiger partial charge >= 0.3 is 0 Å². The van der Waals surface area contributed by atoms with Crippen molar-refractivity contribution >= 4 is 17.1 Å². The smallest absolute Gasteiger partial charge is 0.178 e. The molecule has 0 fully saturated rings. The van der Waals surface area contributed by atoms with Crippen LogP contribution in [0.2, 0.25) is 0 Å². The molecule has 1 aromatic carbocycles. The minimum Gasteiger partial charge on any atom is -0.293 e. The Morgan fingerprint density at radius 1 is 1.17 bits per heavy atom. The maximum Gasteiger partial charge on any atom is 0.178 e. The summed E-state index contributed by atoms with van der Waals surface area (Å²) in [6, 6.07) is 4.26. The van der Waals surface area contributed by atoms with Gasteiger partial charge in [0.05, 0.1) is 9.88 Å². The molecule has 2 aromatic rings. The van der Waals surface area contributed by atoms with Crippen LogP contribution in [0.4, 0.5) is 0 Å². The third kappa shape index (κ3) is 2.67. The molecule has 0 unspecified atom stereocenters.